The first-order chi connectivity index (χ1) is 8.38. The van der Waals surface area contributed by atoms with Crippen molar-refractivity contribution < 1.29 is 14.6 Å². The van der Waals surface area contributed by atoms with Crippen LogP contribution < -0.4 is 4.74 Å². The first-order valence-corrected chi connectivity index (χ1v) is 6.40. The van der Waals surface area contributed by atoms with Crippen LogP contribution in [-0.4, -0.2) is 17.2 Å². The Hall–Kier alpha value is -1.51. The standard InChI is InChI=1S/C15H20O3/c1-10-4-6-12-8-11(5-7-13(12)18-10)9-15(2,3)14(16)17/h5,7-8,10H,4,6,9H2,1-3H3,(H,16,17). The lowest BCUT2D eigenvalue weighted by molar-refractivity contribution is -0.146. The van der Waals surface area contributed by atoms with E-state index in [9.17, 15) is 4.79 Å². The van der Waals surface area contributed by atoms with E-state index >= 15 is 0 Å². The Labute approximate surface area is 108 Å². The summed E-state index contributed by atoms with van der Waals surface area (Å²) in [5, 5.41) is 9.15. The predicted molar refractivity (Wildman–Crippen MR) is 70.0 cm³/mol. The smallest absolute Gasteiger partial charge is 0.309 e. The molecule has 0 fully saturated rings. The number of aliphatic carboxylic acids is 1. The lowest BCUT2D eigenvalue weighted by atomic mass is 9.85. The molecule has 98 valence electrons. The topological polar surface area (TPSA) is 46.5 Å². The molecule has 0 bridgehead atoms. The van der Waals surface area contributed by atoms with Crippen molar-refractivity contribution in [1.82, 2.24) is 0 Å². The van der Waals surface area contributed by atoms with Crippen LogP contribution in [0.1, 0.15) is 38.3 Å². The summed E-state index contributed by atoms with van der Waals surface area (Å²) in [7, 11) is 0. The molecule has 3 nitrogen and oxygen atoms in total. The fourth-order valence-corrected chi connectivity index (χ4v) is 2.27. The molecule has 1 heterocycles. The molecule has 0 spiro atoms. The highest BCUT2D eigenvalue weighted by Crippen LogP contribution is 2.30. The van der Waals surface area contributed by atoms with Crippen LogP contribution in [0.2, 0.25) is 0 Å². The van der Waals surface area contributed by atoms with Crippen LogP contribution in [0, 0.1) is 5.41 Å². The molecule has 1 atom stereocenters. The Morgan fingerprint density at radius 3 is 2.89 bits per heavy atom. The van der Waals surface area contributed by atoms with Gasteiger partial charge in [0.15, 0.2) is 0 Å². The molecule has 1 aromatic rings. The van der Waals surface area contributed by atoms with Gasteiger partial charge in [-0.2, -0.15) is 0 Å². The molecule has 0 saturated carbocycles. The number of rotatable bonds is 3. The Morgan fingerprint density at radius 2 is 2.22 bits per heavy atom. The Bertz CT molecular complexity index is 463. The second kappa shape index (κ2) is 4.63. The van der Waals surface area contributed by atoms with Gasteiger partial charge in [-0.15, -0.1) is 0 Å². The molecule has 0 amide bonds. The number of ether oxygens (including phenoxy) is 1. The van der Waals surface area contributed by atoms with E-state index in [0.29, 0.717) is 6.42 Å². The van der Waals surface area contributed by atoms with Gasteiger partial charge in [0.25, 0.3) is 0 Å². The minimum Gasteiger partial charge on any atom is -0.490 e. The van der Waals surface area contributed by atoms with Gasteiger partial charge in [-0.1, -0.05) is 12.1 Å². The number of fused-ring (bicyclic) bond motifs is 1. The largest absolute Gasteiger partial charge is 0.490 e. The third kappa shape index (κ3) is 2.66. The number of carboxylic acids is 1. The van der Waals surface area contributed by atoms with Gasteiger partial charge < -0.3 is 9.84 Å². The molecular weight excluding hydrogens is 228 g/mol. The molecule has 0 saturated heterocycles. The number of carbonyl (C=O) groups is 1. The average Bonchev–Trinajstić information content (AvgIpc) is 2.28. The van der Waals surface area contributed by atoms with Gasteiger partial charge in [-0.05, 0) is 57.2 Å². The lowest BCUT2D eigenvalue weighted by Crippen LogP contribution is -2.26. The molecule has 1 N–H and O–H groups in total. The van der Waals surface area contributed by atoms with Crippen molar-refractivity contribution in [2.75, 3.05) is 0 Å². The van der Waals surface area contributed by atoms with Gasteiger partial charge in [-0.3, -0.25) is 4.79 Å². The first kappa shape index (κ1) is 12.9. The highest BCUT2D eigenvalue weighted by Gasteiger charge is 2.28. The number of aryl methyl sites for hydroxylation is 1. The van der Waals surface area contributed by atoms with E-state index in [2.05, 4.69) is 13.0 Å². The number of carboxylic acid groups (broad SMARTS) is 1. The quantitative estimate of drug-likeness (QED) is 0.894. The summed E-state index contributed by atoms with van der Waals surface area (Å²) in [6, 6.07) is 6.03. The van der Waals surface area contributed by atoms with E-state index in [0.717, 1.165) is 24.2 Å². The van der Waals surface area contributed by atoms with E-state index in [1.54, 1.807) is 13.8 Å². The van der Waals surface area contributed by atoms with E-state index in [1.807, 2.05) is 12.1 Å². The summed E-state index contributed by atoms with van der Waals surface area (Å²) >= 11 is 0. The molecule has 3 heteroatoms. The van der Waals surface area contributed by atoms with E-state index in [-0.39, 0.29) is 6.10 Å². The van der Waals surface area contributed by atoms with E-state index in [4.69, 9.17) is 9.84 Å². The minimum absolute atomic E-state index is 0.277. The van der Waals surface area contributed by atoms with Crippen LogP contribution in [0.25, 0.3) is 0 Å². The summed E-state index contributed by atoms with van der Waals surface area (Å²) < 4.78 is 5.75. The zero-order chi connectivity index (χ0) is 13.3. The molecular formula is C15H20O3. The van der Waals surface area contributed by atoms with Crippen LogP contribution >= 0.6 is 0 Å². The summed E-state index contributed by atoms with van der Waals surface area (Å²) in [6.45, 7) is 5.59. The third-order valence-corrected chi connectivity index (χ3v) is 3.50. The highest BCUT2D eigenvalue weighted by molar-refractivity contribution is 5.74. The van der Waals surface area contributed by atoms with E-state index < -0.39 is 11.4 Å². The summed E-state index contributed by atoms with van der Waals surface area (Å²) in [5.41, 5.74) is 1.54. The Balaban J connectivity index is 2.19. The fourth-order valence-electron chi connectivity index (χ4n) is 2.27. The summed E-state index contributed by atoms with van der Waals surface area (Å²) in [4.78, 5) is 11.1. The van der Waals surface area contributed by atoms with Gasteiger partial charge in [0.05, 0.1) is 11.5 Å². The molecule has 1 unspecified atom stereocenters. The van der Waals surface area contributed by atoms with E-state index in [1.165, 1.54) is 5.56 Å². The first-order valence-electron chi connectivity index (χ1n) is 6.40. The molecule has 1 aromatic carbocycles. The second-order valence-electron chi connectivity index (χ2n) is 5.78. The van der Waals surface area contributed by atoms with Crippen LogP contribution in [-0.2, 0) is 17.6 Å². The SMILES string of the molecule is CC1CCc2cc(CC(C)(C)C(=O)O)ccc2O1. The molecule has 0 aliphatic carbocycles. The van der Waals surface area contributed by atoms with Crippen molar-refractivity contribution in [3.8, 4) is 5.75 Å². The predicted octanol–water partition coefficient (Wildman–Crippen LogP) is 3.05. The fraction of sp³-hybridized carbons (Fsp3) is 0.533. The number of hydrogen-bond acceptors (Lipinski definition) is 2. The molecule has 18 heavy (non-hydrogen) atoms. The van der Waals surface area contributed by atoms with Crippen molar-refractivity contribution in [3.05, 3.63) is 29.3 Å². The maximum Gasteiger partial charge on any atom is 0.309 e. The molecule has 1 aliphatic rings. The minimum atomic E-state index is -0.759. The van der Waals surface area contributed by atoms with Crippen molar-refractivity contribution >= 4 is 5.97 Å². The maximum atomic E-state index is 11.1. The zero-order valence-corrected chi connectivity index (χ0v) is 11.2. The maximum absolute atomic E-state index is 11.1. The summed E-state index contributed by atoms with van der Waals surface area (Å²) in [5.74, 6) is 0.190. The van der Waals surface area contributed by atoms with Crippen molar-refractivity contribution in [3.63, 3.8) is 0 Å². The van der Waals surface area contributed by atoms with Crippen LogP contribution in [0.4, 0.5) is 0 Å². The van der Waals surface area contributed by atoms with Crippen molar-refractivity contribution in [1.29, 1.82) is 0 Å². The molecule has 0 aromatic heterocycles. The Morgan fingerprint density at radius 1 is 1.50 bits per heavy atom. The van der Waals surface area contributed by atoms with Gasteiger partial charge in [-0.25, -0.2) is 0 Å². The van der Waals surface area contributed by atoms with Gasteiger partial charge in [0, 0.05) is 0 Å². The molecule has 0 radical (unpaired) electrons. The highest BCUT2D eigenvalue weighted by atomic mass is 16.5. The summed E-state index contributed by atoms with van der Waals surface area (Å²) in [6.07, 6.45) is 2.86. The number of hydrogen-bond donors (Lipinski definition) is 1. The molecule has 1 aliphatic heterocycles. The monoisotopic (exact) mass is 248 g/mol. The zero-order valence-electron chi connectivity index (χ0n) is 11.2. The second-order valence-corrected chi connectivity index (χ2v) is 5.78. The van der Waals surface area contributed by atoms with Crippen LogP contribution in [0.3, 0.4) is 0 Å². The van der Waals surface area contributed by atoms with Crippen LogP contribution in [0.15, 0.2) is 18.2 Å². The van der Waals surface area contributed by atoms with Crippen LogP contribution in [0.5, 0.6) is 5.75 Å². The van der Waals surface area contributed by atoms with Gasteiger partial charge in [0.1, 0.15) is 5.75 Å². The number of benzene rings is 1. The lowest BCUT2D eigenvalue weighted by Gasteiger charge is -2.25. The molecule has 2 rings (SSSR count). The average molecular weight is 248 g/mol. The van der Waals surface area contributed by atoms with Crippen molar-refractivity contribution in [2.45, 2.75) is 46.1 Å². The van der Waals surface area contributed by atoms with Gasteiger partial charge >= 0.3 is 5.97 Å². The van der Waals surface area contributed by atoms with Gasteiger partial charge in [0.2, 0.25) is 0 Å². The van der Waals surface area contributed by atoms with Crippen molar-refractivity contribution in [2.24, 2.45) is 5.41 Å². The normalized spacial score (nSPS) is 18.9. The third-order valence-electron chi connectivity index (χ3n) is 3.50. The Kier molecular flexibility index (Phi) is 3.33.